The van der Waals surface area contributed by atoms with Gasteiger partial charge in [-0.05, 0) is 36.6 Å². The smallest absolute Gasteiger partial charge is 0.158 e. The zero-order valence-electron chi connectivity index (χ0n) is 7.74. The van der Waals surface area contributed by atoms with Gasteiger partial charge in [0.2, 0.25) is 0 Å². The monoisotopic (exact) mass is 206 g/mol. The summed E-state index contributed by atoms with van der Waals surface area (Å²) in [4.78, 5) is 11.3. The highest BCUT2D eigenvalue weighted by Gasteiger charge is 2.27. The summed E-state index contributed by atoms with van der Waals surface area (Å²) < 4.78 is 0. The molecule has 0 aromatic heterocycles. The van der Waals surface area contributed by atoms with Crippen LogP contribution in [0.4, 0.5) is 0 Å². The maximum atomic E-state index is 11.3. The first-order valence-electron chi connectivity index (χ1n) is 4.73. The van der Waals surface area contributed by atoms with E-state index in [1.807, 2.05) is 30.3 Å². The number of allylic oxidation sites excluding steroid dienone is 1. The van der Waals surface area contributed by atoms with Gasteiger partial charge in [-0.15, -0.1) is 0 Å². The number of carbonyl (C=O) groups is 1. The van der Waals surface area contributed by atoms with E-state index in [0.29, 0.717) is 5.92 Å². The van der Waals surface area contributed by atoms with Gasteiger partial charge in [0.05, 0.1) is 0 Å². The maximum Gasteiger partial charge on any atom is 0.158 e. The van der Waals surface area contributed by atoms with Crippen LogP contribution < -0.4 is 0 Å². The lowest BCUT2D eigenvalue weighted by Crippen LogP contribution is -1.93. The fraction of sp³-hybridized carbons (Fsp3) is 0.250. The Morgan fingerprint density at radius 3 is 2.50 bits per heavy atom. The van der Waals surface area contributed by atoms with E-state index in [2.05, 4.69) is 0 Å². The highest BCUT2D eigenvalue weighted by Crippen LogP contribution is 2.30. The Hall–Kier alpha value is -1.08. The van der Waals surface area contributed by atoms with E-state index in [1.54, 1.807) is 6.08 Å². The minimum atomic E-state index is 0.250. The number of halogens is 1. The van der Waals surface area contributed by atoms with Crippen LogP contribution in [0.1, 0.15) is 18.4 Å². The molecule has 0 N–H and O–H groups in total. The Labute approximate surface area is 88.4 Å². The molecular formula is C12H11ClO. The van der Waals surface area contributed by atoms with Crippen LogP contribution in [0.5, 0.6) is 0 Å². The molecule has 1 aromatic carbocycles. The van der Waals surface area contributed by atoms with Crippen molar-refractivity contribution >= 4 is 23.5 Å². The predicted octanol–water partition coefficient (Wildman–Crippen LogP) is 3.33. The summed E-state index contributed by atoms with van der Waals surface area (Å²) in [6.07, 6.45) is 5.63. The summed E-state index contributed by atoms with van der Waals surface area (Å²) in [5.41, 5.74) is 1.02. The lowest BCUT2D eigenvalue weighted by atomic mass is 10.1. The van der Waals surface area contributed by atoms with Gasteiger partial charge in [0, 0.05) is 10.9 Å². The number of rotatable bonds is 3. The van der Waals surface area contributed by atoms with Crippen molar-refractivity contribution in [1.82, 2.24) is 0 Å². The average molecular weight is 207 g/mol. The van der Waals surface area contributed by atoms with Crippen LogP contribution >= 0.6 is 11.6 Å². The number of benzene rings is 1. The maximum absolute atomic E-state index is 11.3. The molecule has 1 aliphatic carbocycles. The van der Waals surface area contributed by atoms with Crippen LogP contribution in [0.25, 0.3) is 6.08 Å². The molecule has 1 aliphatic rings. The molecule has 0 aliphatic heterocycles. The average Bonchev–Trinajstić information content (AvgIpc) is 3.00. The van der Waals surface area contributed by atoms with Crippen LogP contribution in [0.3, 0.4) is 0 Å². The predicted molar refractivity (Wildman–Crippen MR) is 58.2 cm³/mol. The van der Waals surface area contributed by atoms with Crippen molar-refractivity contribution < 1.29 is 4.79 Å². The molecule has 0 amide bonds. The van der Waals surface area contributed by atoms with Crippen LogP contribution in [-0.2, 0) is 4.79 Å². The third-order valence-corrected chi connectivity index (χ3v) is 2.54. The topological polar surface area (TPSA) is 17.1 Å². The van der Waals surface area contributed by atoms with Crippen molar-refractivity contribution in [2.45, 2.75) is 12.8 Å². The fourth-order valence-electron chi connectivity index (χ4n) is 1.26. The van der Waals surface area contributed by atoms with E-state index in [1.165, 1.54) is 0 Å². The van der Waals surface area contributed by atoms with Gasteiger partial charge in [-0.3, -0.25) is 4.79 Å². The van der Waals surface area contributed by atoms with E-state index in [9.17, 15) is 4.79 Å². The number of ketones is 1. The molecule has 0 saturated heterocycles. The van der Waals surface area contributed by atoms with Crippen LogP contribution in [0.2, 0.25) is 5.02 Å². The van der Waals surface area contributed by atoms with Crippen molar-refractivity contribution in [3.63, 3.8) is 0 Å². The number of hydrogen-bond acceptors (Lipinski definition) is 1. The number of carbonyl (C=O) groups excluding carboxylic acids is 1. The van der Waals surface area contributed by atoms with Crippen molar-refractivity contribution in [2.75, 3.05) is 0 Å². The van der Waals surface area contributed by atoms with E-state index in [4.69, 9.17) is 11.6 Å². The quantitative estimate of drug-likeness (QED) is 0.694. The molecule has 1 aromatic rings. The SMILES string of the molecule is O=C(/C=C/c1ccc(Cl)cc1)C1CC1. The minimum absolute atomic E-state index is 0.250. The first-order valence-corrected chi connectivity index (χ1v) is 5.11. The molecule has 0 bridgehead atoms. The summed E-state index contributed by atoms with van der Waals surface area (Å²) >= 11 is 5.74. The third kappa shape index (κ3) is 2.46. The Balaban J connectivity index is 2.02. The van der Waals surface area contributed by atoms with Gasteiger partial charge < -0.3 is 0 Å². The molecule has 0 unspecified atom stereocenters. The lowest BCUT2D eigenvalue weighted by molar-refractivity contribution is -0.115. The third-order valence-electron chi connectivity index (χ3n) is 2.29. The van der Waals surface area contributed by atoms with Crippen molar-refractivity contribution in [3.05, 3.63) is 40.9 Å². The summed E-state index contributed by atoms with van der Waals surface area (Å²) in [6.45, 7) is 0. The van der Waals surface area contributed by atoms with E-state index in [0.717, 1.165) is 23.4 Å². The zero-order valence-corrected chi connectivity index (χ0v) is 8.50. The molecule has 0 radical (unpaired) electrons. The molecule has 0 spiro atoms. The van der Waals surface area contributed by atoms with Crippen molar-refractivity contribution in [2.24, 2.45) is 5.92 Å². The second kappa shape index (κ2) is 3.97. The molecule has 2 rings (SSSR count). The van der Waals surface area contributed by atoms with Gasteiger partial charge in [0.1, 0.15) is 0 Å². The molecule has 14 heavy (non-hydrogen) atoms. The van der Waals surface area contributed by atoms with Gasteiger partial charge in [-0.1, -0.05) is 29.8 Å². The highest BCUT2D eigenvalue weighted by molar-refractivity contribution is 6.30. The van der Waals surface area contributed by atoms with Crippen molar-refractivity contribution in [1.29, 1.82) is 0 Å². The Morgan fingerprint density at radius 2 is 1.93 bits per heavy atom. The molecular weight excluding hydrogens is 196 g/mol. The molecule has 1 fully saturated rings. The Bertz CT molecular complexity index is 360. The van der Waals surface area contributed by atoms with E-state index < -0.39 is 0 Å². The van der Waals surface area contributed by atoms with Gasteiger partial charge in [0.25, 0.3) is 0 Å². The van der Waals surface area contributed by atoms with Gasteiger partial charge in [-0.25, -0.2) is 0 Å². The molecule has 1 nitrogen and oxygen atoms in total. The lowest BCUT2D eigenvalue weighted by Gasteiger charge is -1.93. The number of hydrogen-bond donors (Lipinski definition) is 0. The summed E-state index contributed by atoms with van der Waals surface area (Å²) in [5.74, 6) is 0.554. The second-order valence-corrected chi connectivity index (χ2v) is 4.00. The summed E-state index contributed by atoms with van der Waals surface area (Å²) in [5, 5.41) is 0.718. The Morgan fingerprint density at radius 1 is 1.29 bits per heavy atom. The highest BCUT2D eigenvalue weighted by atomic mass is 35.5. The van der Waals surface area contributed by atoms with E-state index >= 15 is 0 Å². The first kappa shape index (κ1) is 9.47. The van der Waals surface area contributed by atoms with Crippen LogP contribution in [0, 0.1) is 5.92 Å². The molecule has 0 heterocycles. The fourth-order valence-corrected chi connectivity index (χ4v) is 1.38. The summed E-state index contributed by atoms with van der Waals surface area (Å²) in [6, 6.07) is 7.45. The van der Waals surface area contributed by atoms with Gasteiger partial charge >= 0.3 is 0 Å². The standard InChI is InChI=1S/C12H11ClO/c13-11-6-1-9(2-7-11)3-8-12(14)10-4-5-10/h1-3,6-8,10H,4-5H2/b8-3+. The van der Waals surface area contributed by atoms with Gasteiger partial charge in [0.15, 0.2) is 5.78 Å². The van der Waals surface area contributed by atoms with Crippen molar-refractivity contribution in [3.8, 4) is 0 Å². The normalized spacial score (nSPS) is 16.1. The largest absolute Gasteiger partial charge is 0.295 e. The second-order valence-electron chi connectivity index (χ2n) is 3.56. The zero-order chi connectivity index (χ0) is 9.97. The van der Waals surface area contributed by atoms with E-state index in [-0.39, 0.29) is 5.78 Å². The molecule has 1 saturated carbocycles. The first-order chi connectivity index (χ1) is 6.75. The molecule has 0 atom stereocenters. The minimum Gasteiger partial charge on any atom is -0.295 e. The van der Waals surface area contributed by atoms with Gasteiger partial charge in [-0.2, -0.15) is 0 Å². The summed E-state index contributed by atoms with van der Waals surface area (Å²) in [7, 11) is 0. The molecule has 2 heteroatoms. The van der Waals surface area contributed by atoms with Crippen LogP contribution in [0.15, 0.2) is 30.3 Å². The molecule has 72 valence electrons. The van der Waals surface area contributed by atoms with Crippen LogP contribution in [-0.4, -0.2) is 5.78 Å². The Kier molecular flexibility index (Phi) is 2.69.